The zero-order valence-corrected chi connectivity index (χ0v) is 12.8. The first-order chi connectivity index (χ1) is 9.97. The zero-order chi connectivity index (χ0) is 15.5. The largest absolute Gasteiger partial charge is 0.497 e. The van der Waals surface area contributed by atoms with Gasteiger partial charge in [-0.05, 0) is 19.1 Å². The van der Waals surface area contributed by atoms with Crippen LogP contribution in [0.3, 0.4) is 0 Å². The molecule has 0 aliphatic heterocycles. The van der Waals surface area contributed by atoms with Crippen LogP contribution >= 0.6 is 0 Å². The van der Waals surface area contributed by atoms with Crippen LogP contribution in [0.15, 0.2) is 35.5 Å². The normalized spacial score (nSPS) is 12.9. The van der Waals surface area contributed by atoms with Crippen LogP contribution in [0.5, 0.6) is 11.5 Å². The predicted octanol–water partition coefficient (Wildman–Crippen LogP) is 1.47. The number of nitrogens with zero attached hydrogens (tertiary/aromatic N) is 1. The summed E-state index contributed by atoms with van der Waals surface area (Å²) in [6.45, 7) is 1.73. The van der Waals surface area contributed by atoms with Gasteiger partial charge in [0.2, 0.25) is 0 Å². The van der Waals surface area contributed by atoms with Crippen molar-refractivity contribution in [3.05, 3.63) is 36.0 Å². The molecule has 1 aromatic heterocycles. The molecule has 0 saturated heterocycles. The number of sulfonamides is 1. The average Bonchev–Trinajstić information content (AvgIpc) is 3.01. The van der Waals surface area contributed by atoms with E-state index in [1.807, 2.05) is 0 Å². The topological polar surface area (TPSA) is 93.3 Å². The van der Waals surface area contributed by atoms with Crippen molar-refractivity contribution in [2.24, 2.45) is 0 Å². The number of ether oxygens (including phenoxy) is 2. The van der Waals surface area contributed by atoms with Gasteiger partial charge in [-0.15, -0.1) is 0 Å². The van der Waals surface area contributed by atoms with E-state index in [4.69, 9.17) is 9.47 Å². The van der Waals surface area contributed by atoms with Gasteiger partial charge in [-0.3, -0.25) is 5.10 Å². The number of methoxy groups -OCH3 is 2. The summed E-state index contributed by atoms with van der Waals surface area (Å²) in [4.78, 5) is 0. The van der Waals surface area contributed by atoms with Crippen molar-refractivity contribution in [1.29, 1.82) is 0 Å². The molecule has 2 N–H and O–H groups in total. The van der Waals surface area contributed by atoms with Gasteiger partial charge in [0.25, 0.3) is 10.0 Å². The Morgan fingerprint density at radius 3 is 2.57 bits per heavy atom. The summed E-state index contributed by atoms with van der Waals surface area (Å²) in [6, 6.07) is 6.13. The first-order valence-corrected chi connectivity index (χ1v) is 7.70. The summed E-state index contributed by atoms with van der Waals surface area (Å²) in [7, 11) is -0.583. The quantitative estimate of drug-likeness (QED) is 0.842. The number of rotatable bonds is 6. The highest BCUT2D eigenvalue weighted by molar-refractivity contribution is 7.89. The molecule has 21 heavy (non-hydrogen) atoms. The van der Waals surface area contributed by atoms with Crippen LogP contribution < -0.4 is 14.2 Å². The third-order valence-electron chi connectivity index (χ3n) is 3.00. The second-order valence-electron chi connectivity index (χ2n) is 4.37. The van der Waals surface area contributed by atoms with E-state index < -0.39 is 16.1 Å². The molecule has 0 saturated carbocycles. The molecule has 8 heteroatoms. The summed E-state index contributed by atoms with van der Waals surface area (Å²) in [5, 5.41) is 6.08. The summed E-state index contributed by atoms with van der Waals surface area (Å²) in [5.41, 5.74) is 0.710. The second-order valence-corrected chi connectivity index (χ2v) is 6.05. The van der Waals surface area contributed by atoms with Crippen molar-refractivity contribution in [2.45, 2.75) is 18.0 Å². The molecule has 1 atom stereocenters. The van der Waals surface area contributed by atoms with E-state index in [9.17, 15) is 8.42 Å². The molecule has 0 fully saturated rings. The number of benzene rings is 1. The van der Waals surface area contributed by atoms with E-state index in [0.29, 0.717) is 17.1 Å². The smallest absolute Gasteiger partial charge is 0.258 e. The van der Waals surface area contributed by atoms with Crippen molar-refractivity contribution in [2.75, 3.05) is 14.2 Å². The molecule has 0 aliphatic rings. The lowest BCUT2D eigenvalue weighted by molar-refractivity contribution is 0.388. The number of hydrogen-bond acceptors (Lipinski definition) is 5. The van der Waals surface area contributed by atoms with Gasteiger partial charge in [-0.25, -0.2) is 13.1 Å². The van der Waals surface area contributed by atoms with Crippen molar-refractivity contribution in [3.8, 4) is 11.5 Å². The molecule has 7 nitrogen and oxygen atoms in total. The van der Waals surface area contributed by atoms with E-state index in [0.717, 1.165) is 0 Å². The monoisotopic (exact) mass is 311 g/mol. The minimum absolute atomic E-state index is 0.0156. The number of aromatic nitrogens is 2. The van der Waals surface area contributed by atoms with Crippen LogP contribution in [0.1, 0.15) is 18.5 Å². The second kappa shape index (κ2) is 6.15. The summed E-state index contributed by atoms with van der Waals surface area (Å²) < 4.78 is 37.3. The van der Waals surface area contributed by atoms with Gasteiger partial charge >= 0.3 is 0 Å². The molecule has 1 unspecified atom stereocenters. The van der Waals surface area contributed by atoms with Crippen LogP contribution in [0.2, 0.25) is 0 Å². The van der Waals surface area contributed by atoms with E-state index in [-0.39, 0.29) is 5.03 Å². The Labute approximate surface area is 123 Å². The lowest BCUT2D eigenvalue weighted by Crippen LogP contribution is -2.27. The summed E-state index contributed by atoms with van der Waals surface area (Å²) in [5.74, 6) is 1.19. The molecule has 1 heterocycles. The zero-order valence-electron chi connectivity index (χ0n) is 12.0. The van der Waals surface area contributed by atoms with Gasteiger partial charge < -0.3 is 9.47 Å². The van der Waals surface area contributed by atoms with Crippen molar-refractivity contribution in [1.82, 2.24) is 14.9 Å². The van der Waals surface area contributed by atoms with E-state index in [2.05, 4.69) is 14.9 Å². The minimum atomic E-state index is -3.66. The van der Waals surface area contributed by atoms with E-state index in [1.165, 1.54) is 19.4 Å². The highest BCUT2D eigenvalue weighted by Crippen LogP contribution is 2.30. The Balaban J connectivity index is 2.26. The third-order valence-corrected chi connectivity index (χ3v) is 4.47. The SMILES string of the molecule is COc1ccc(C(C)NS(=O)(=O)c2ccn[nH]2)c(OC)c1. The Kier molecular flexibility index (Phi) is 4.49. The Bertz CT molecular complexity index is 698. The minimum Gasteiger partial charge on any atom is -0.497 e. The molecular formula is C13H17N3O4S. The molecule has 0 bridgehead atoms. The lowest BCUT2D eigenvalue weighted by Gasteiger charge is -2.17. The first-order valence-electron chi connectivity index (χ1n) is 6.21. The van der Waals surface area contributed by atoms with Crippen LogP contribution in [0.25, 0.3) is 0 Å². The van der Waals surface area contributed by atoms with Gasteiger partial charge in [0.1, 0.15) is 11.5 Å². The highest BCUT2D eigenvalue weighted by atomic mass is 32.2. The molecule has 0 spiro atoms. The van der Waals surface area contributed by atoms with Crippen molar-refractivity contribution < 1.29 is 17.9 Å². The standard InChI is InChI=1S/C13H17N3O4S/c1-9(16-21(17,18)13-6-7-14-15-13)11-5-4-10(19-2)8-12(11)20-3/h4-9,16H,1-3H3,(H,14,15). The maximum atomic E-state index is 12.2. The fraction of sp³-hybridized carbons (Fsp3) is 0.308. The van der Waals surface area contributed by atoms with Crippen LogP contribution in [-0.4, -0.2) is 32.8 Å². The van der Waals surface area contributed by atoms with Gasteiger partial charge in [-0.1, -0.05) is 6.07 Å². The molecule has 1 aromatic carbocycles. The maximum absolute atomic E-state index is 12.2. The maximum Gasteiger partial charge on any atom is 0.258 e. The van der Waals surface area contributed by atoms with Crippen LogP contribution in [0, 0.1) is 0 Å². The highest BCUT2D eigenvalue weighted by Gasteiger charge is 2.21. The Morgan fingerprint density at radius 1 is 1.24 bits per heavy atom. The van der Waals surface area contributed by atoms with E-state index in [1.54, 1.807) is 32.2 Å². The van der Waals surface area contributed by atoms with Gasteiger partial charge in [0.15, 0.2) is 5.03 Å². The van der Waals surface area contributed by atoms with Gasteiger partial charge in [0.05, 0.1) is 20.4 Å². The molecular weight excluding hydrogens is 294 g/mol. The van der Waals surface area contributed by atoms with Crippen molar-refractivity contribution in [3.63, 3.8) is 0 Å². The van der Waals surface area contributed by atoms with Crippen LogP contribution in [-0.2, 0) is 10.0 Å². The third kappa shape index (κ3) is 3.34. The first kappa shape index (κ1) is 15.3. The molecule has 114 valence electrons. The van der Waals surface area contributed by atoms with Gasteiger partial charge in [-0.2, -0.15) is 5.10 Å². The Hall–Kier alpha value is -2.06. The summed E-state index contributed by atoms with van der Waals surface area (Å²) in [6.07, 6.45) is 1.38. The number of nitrogens with one attached hydrogen (secondary N) is 2. The van der Waals surface area contributed by atoms with Gasteiger partial charge in [0, 0.05) is 17.7 Å². The number of aromatic amines is 1. The van der Waals surface area contributed by atoms with Crippen molar-refractivity contribution >= 4 is 10.0 Å². The predicted molar refractivity (Wildman–Crippen MR) is 76.9 cm³/mol. The lowest BCUT2D eigenvalue weighted by atomic mass is 10.1. The molecule has 2 rings (SSSR count). The van der Waals surface area contributed by atoms with Crippen LogP contribution in [0.4, 0.5) is 0 Å². The Morgan fingerprint density at radius 2 is 2.00 bits per heavy atom. The number of H-pyrrole nitrogens is 1. The average molecular weight is 311 g/mol. The number of hydrogen-bond donors (Lipinski definition) is 2. The fourth-order valence-electron chi connectivity index (χ4n) is 1.93. The molecule has 0 radical (unpaired) electrons. The molecule has 2 aromatic rings. The van der Waals surface area contributed by atoms with E-state index >= 15 is 0 Å². The fourth-order valence-corrected chi connectivity index (χ4v) is 3.06. The molecule has 0 aliphatic carbocycles. The summed E-state index contributed by atoms with van der Waals surface area (Å²) >= 11 is 0. The molecule has 0 amide bonds.